The molecule has 5 rings (SSSR count). The molecule has 1 atom stereocenters. The Hall–Kier alpha value is -1.94. The highest BCUT2D eigenvalue weighted by molar-refractivity contribution is 9.10. The third-order valence-corrected chi connectivity index (χ3v) is 7.20. The van der Waals surface area contributed by atoms with Crippen LogP contribution in [0.4, 0.5) is 0 Å². The summed E-state index contributed by atoms with van der Waals surface area (Å²) < 4.78 is 1.22. The van der Waals surface area contributed by atoms with Crippen molar-refractivity contribution in [3.05, 3.63) is 99.6 Å². The average molecular weight is 447 g/mol. The summed E-state index contributed by atoms with van der Waals surface area (Å²) in [4.78, 5) is 5.24. The lowest BCUT2D eigenvalue weighted by Crippen LogP contribution is -2.47. The van der Waals surface area contributed by atoms with Gasteiger partial charge in [-0.15, -0.1) is 0 Å². The lowest BCUT2D eigenvalue weighted by molar-refractivity contribution is 0.107. The summed E-state index contributed by atoms with van der Waals surface area (Å²) >= 11 is 3.70. The molecule has 2 aromatic rings. The summed E-state index contributed by atoms with van der Waals surface area (Å²) in [6, 6.07) is 18.0. The summed E-state index contributed by atoms with van der Waals surface area (Å²) in [7, 11) is 0. The van der Waals surface area contributed by atoms with Crippen LogP contribution in [0.25, 0.3) is 5.57 Å². The summed E-state index contributed by atoms with van der Waals surface area (Å²) in [5.41, 5.74) is 7.23. The second kappa shape index (κ2) is 8.43. The van der Waals surface area contributed by atoms with E-state index in [1.165, 1.54) is 32.3 Å². The van der Waals surface area contributed by atoms with Gasteiger partial charge >= 0.3 is 0 Å². The summed E-state index contributed by atoms with van der Waals surface area (Å²) in [5.74, 6) is 0. The van der Waals surface area contributed by atoms with Crippen molar-refractivity contribution in [2.75, 3.05) is 26.2 Å². The predicted molar refractivity (Wildman–Crippen MR) is 125 cm³/mol. The topological polar surface area (TPSA) is 6.48 Å². The molecular weight excluding hydrogens is 420 g/mol. The molecule has 0 spiro atoms. The molecule has 0 saturated carbocycles. The van der Waals surface area contributed by atoms with Crippen LogP contribution in [0.3, 0.4) is 0 Å². The molecule has 3 aliphatic rings. The highest BCUT2D eigenvalue weighted by atomic mass is 79.9. The van der Waals surface area contributed by atoms with Crippen LogP contribution in [0.1, 0.15) is 35.6 Å². The van der Waals surface area contributed by atoms with E-state index >= 15 is 0 Å². The van der Waals surface area contributed by atoms with Gasteiger partial charge in [-0.05, 0) is 46.7 Å². The van der Waals surface area contributed by atoms with Crippen LogP contribution in [-0.4, -0.2) is 36.0 Å². The van der Waals surface area contributed by atoms with E-state index in [1.807, 2.05) is 0 Å². The van der Waals surface area contributed by atoms with Crippen LogP contribution in [-0.2, 0) is 6.54 Å². The number of fused-ring (bicyclic) bond motifs is 2. The Morgan fingerprint density at radius 3 is 2.55 bits per heavy atom. The molecule has 1 aliphatic heterocycles. The first kappa shape index (κ1) is 19.0. The number of halogens is 1. The minimum absolute atomic E-state index is 0.371. The lowest BCUT2D eigenvalue weighted by Gasteiger charge is -2.39. The minimum Gasteiger partial charge on any atom is -0.297 e. The van der Waals surface area contributed by atoms with Gasteiger partial charge in [0.1, 0.15) is 0 Å². The predicted octanol–water partition coefficient (Wildman–Crippen LogP) is 5.98. The number of piperazine rings is 1. The Morgan fingerprint density at radius 2 is 1.69 bits per heavy atom. The van der Waals surface area contributed by atoms with Crippen molar-refractivity contribution < 1.29 is 0 Å². The SMILES string of the molecule is Brc1ccccc1CN1CCN(C2C=CC3=C(CCC=C3)c3ccccc32)CC1. The highest BCUT2D eigenvalue weighted by Crippen LogP contribution is 2.39. The van der Waals surface area contributed by atoms with Crippen molar-refractivity contribution in [2.45, 2.75) is 25.4 Å². The van der Waals surface area contributed by atoms with E-state index in [-0.39, 0.29) is 0 Å². The van der Waals surface area contributed by atoms with Gasteiger partial charge in [0.05, 0.1) is 6.04 Å². The van der Waals surface area contributed by atoms with E-state index < -0.39 is 0 Å². The Labute approximate surface area is 182 Å². The second-order valence-corrected chi connectivity index (χ2v) is 9.02. The molecule has 0 N–H and O–H groups in total. The summed E-state index contributed by atoms with van der Waals surface area (Å²) in [6.45, 7) is 5.46. The Balaban J connectivity index is 1.34. The zero-order valence-electron chi connectivity index (χ0n) is 16.7. The fraction of sp³-hybridized carbons (Fsp3) is 0.308. The largest absolute Gasteiger partial charge is 0.297 e. The molecule has 2 aliphatic carbocycles. The third-order valence-electron chi connectivity index (χ3n) is 6.42. The number of hydrogen-bond acceptors (Lipinski definition) is 2. The smallest absolute Gasteiger partial charge is 0.0541 e. The van der Waals surface area contributed by atoms with E-state index in [0.29, 0.717) is 6.04 Å². The van der Waals surface area contributed by atoms with Gasteiger partial charge in [-0.1, -0.05) is 82.7 Å². The first-order valence-corrected chi connectivity index (χ1v) is 11.5. The molecule has 2 nitrogen and oxygen atoms in total. The lowest BCUT2D eigenvalue weighted by atomic mass is 9.89. The van der Waals surface area contributed by atoms with Crippen molar-refractivity contribution in [3.8, 4) is 0 Å². The number of hydrogen-bond donors (Lipinski definition) is 0. The quantitative estimate of drug-likeness (QED) is 0.571. The standard InChI is InChI=1S/C26H27BrN2/c27-25-12-6-2-8-21(25)19-28-15-17-29(18-16-28)26-14-13-20-7-1-3-9-22(20)23-10-4-5-11-24(23)26/h1-2,4-8,10-14,26H,3,9,15-19H2. The van der Waals surface area contributed by atoms with Gasteiger partial charge in [0, 0.05) is 37.2 Å². The van der Waals surface area contributed by atoms with E-state index in [2.05, 4.69) is 98.6 Å². The number of allylic oxidation sites excluding steroid dienone is 5. The van der Waals surface area contributed by atoms with E-state index in [4.69, 9.17) is 0 Å². The van der Waals surface area contributed by atoms with Crippen LogP contribution in [0.5, 0.6) is 0 Å². The summed E-state index contributed by atoms with van der Waals surface area (Å²) in [6.07, 6.45) is 11.7. The van der Waals surface area contributed by atoms with Crippen molar-refractivity contribution in [1.82, 2.24) is 9.80 Å². The van der Waals surface area contributed by atoms with Gasteiger partial charge in [0.2, 0.25) is 0 Å². The molecule has 3 heteroatoms. The normalized spacial score (nSPS) is 22.3. The van der Waals surface area contributed by atoms with Crippen LogP contribution in [0, 0.1) is 0 Å². The van der Waals surface area contributed by atoms with Crippen molar-refractivity contribution in [1.29, 1.82) is 0 Å². The van der Waals surface area contributed by atoms with Crippen LogP contribution >= 0.6 is 15.9 Å². The first-order chi connectivity index (χ1) is 14.3. The molecule has 0 aromatic heterocycles. The molecule has 0 amide bonds. The van der Waals surface area contributed by atoms with Crippen LogP contribution in [0.2, 0.25) is 0 Å². The molecule has 1 heterocycles. The van der Waals surface area contributed by atoms with Crippen LogP contribution < -0.4 is 0 Å². The molecule has 29 heavy (non-hydrogen) atoms. The Bertz CT molecular complexity index is 980. The fourth-order valence-corrected chi connectivity index (χ4v) is 5.25. The number of nitrogens with zero attached hydrogens (tertiary/aromatic N) is 2. The monoisotopic (exact) mass is 446 g/mol. The fourth-order valence-electron chi connectivity index (χ4n) is 4.84. The van der Waals surface area contributed by atoms with Gasteiger partial charge in [-0.2, -0.15) is 0 Å². The highest BCUT2D eigenvalue weighted by Gasteiger charge is 2.27. The average Bonchev–Trinajstić information content (AvgIpc) is 2.93. The second-order valence-electron chi connectivity index (χ2n) is 8.17. The van der Waals surface area contributed by atoms with Gasteiger partial charge in [-0.3, -0.25) is 9.80 Å². The van der Waals surface area contributed by atoms with E-state index in [0.717, 1.165) is 45.6 Å². The van der Waals surface area contributed by atoms with Gasteiger partial charge in [0.25, 0.3) is 0 Å². The number of rotatable bonds is 3. The van der Waals surface area contributed by atoms with Gasteiger partial charge in [0.15, 0.2) is 0 Å². The first-order valence-electron chi connectivity index (χ1n) is 10.7. The van der Waals surface area contributed by atoms with E-state index in [1.54, 1.807) is 0 Å². The zero-order chi connectivity index (χ0) is 19.6. The molecule has 0 bridgehead atoms. The van der Waals surface area contributed by atoms with Crippen molar-refractivity contribution in [2.24, 2.45) is 0 Å². The van der Waals surface area contributed by atoms with Gasteiger partial charge in [-0.25, -0.2) is 0 Å². The maximum absolute atomic E-state index is 3.70. The Kier molecular flexibility index (Phi) is 5.54. The molecule has 148 valence electrons. The third kappa shape index (κ3) is 3.92. The number of benzene rings is 2. The molecule has 1 saturated heterocycles. The maximum atomic E-state index is 3.70. The zero-order valence-corrected chi connectivity index (χ0v) is 18.3. The molecule has 1 unspecified atom stereocenters. The van der Waals surface area contributed by atoms with E-state index in [9.17, 15) is 0 Å². The van der Waals surface area contributed by atoms with Crippen molar-refractivity contribution >= 4 is 21.5 Å². The molecule has 1 fully saturated rings. The minimum atomic E-state index is 0.371. The molecule has 2 aromatic carbocycles. The Morgan fingerprint density at radius 1 is 0.897 bits per heavy atom. The van der Waals surface area contributed by atoms with Crippen LogP contribution in [0.15, 0.2) is 82.9 Å². The maximum Gasteiger partial charge on any atom is 0.0541 e. The van der Waals surface area contributed by atoms with Gasteiger partial charge < -0.3 is 0 Å². The molecule has 0 radical (unpaired) electrons. The summed E-state index contributed by atoms with van der Waals surface area (Å²) in [5, 5.41) is 0. The molecular formula is C26H27BrN2. The van der Waals surface area contributed by atoms with Crippen molar-refractivity contribution in [3.63, 3.8) is 0 Å².